The minimum Gasteiger partial charge on any atom is -0.383 e. The van der Waals surface area contributed by atoms with E-state index in [1.807, 2.05) is 7.11 Å². The van der Waals surface area contributed by atoms with Crippen molar-refractivity contribution < 1.29 is 4.74 Å². The topological polar surface area (TPSA) is 38.5 Å². The maximum absolute atomic E-state index is 5.60. The molecule has 2 N–H and O–H groups in total. The molecule has 0 aromatic heterocycles. The summed E-state index contributed by atoms with van der Waals surface area (Å²) >= 11 is 0. The molecule has 3 nitrogen and oxygen atoms in total. The lowest BCUT2D eigenvalue weighted by Crippen LogP contribution is -2.37. The van der Waals surface area contributed by atoms with E-state index in [1.165, 1.54) is 38.8 Å². The Hall–Kier alpha value is -0.120. The van der Waals surface area contributed by atoms with Gasteiger partial charge in [-0.1, -0.05) is 6.42 Å². The van der Waals surface area contributed by atoms with E-state index in [9.17, 15) is 0 Å². The van der Waals surface area contributed by atoms with E-state index in [4.69, 9.17) is 10.5 Å². The Morgan fingerprint density at radius 1 is 1.31 bits per heavy atom. The highest BCUT2D eigenvalue weighted by Crippen LogP contribution is 2.38. The van der Waals surface area contributed by atoms with Crippen LogP contribution in [0.25, 0.3) is 0 Å². The standard InChI is InChI=1S/C13H26N2O/c1-16-10-13(6-3-7-14)15-8-11-4-2-5-12(11)9-15/h11-13H,2-10,14H2,1H3. The highest BCUT2D eigenvalue weighted by molar-refractivity contribution is 4.91. The van der Waals surface area contributed by atoms with Crippen LogP contribution in [-0.4, -0.2) is 44.3 Å². The zero-order chi connectivity index (χ0) is 11.4. The Morgan fingerprint density at radius 2 is 2.00 bits per heavy atom. The van der Waals surface area contributed by atoms with Crippen LogP contribution in [0.5, 0.6) is 0 Å². The molecule has 2 fully saturated rings. The SMILES string of the molecule is COCC(CCCN)N1CC2CCCC2C1. The van der Waals surface area contributed by atoms with Crippen LogP contribution in [0.1, 0.15) is 32.1 Å². The van der Waals surface area contributed by atoms with Crippen molar-refractivity contribution >= 4 is 0 Å². The van der Waals surface area contributed by atoms with Gasteiger partial charge in [-0.2, -0.15) is 0 Å². The van der Waals surface area contributed by atoms with Crippen molar-refractivity contribution in [2.75, 3.05) is 33.4 Å². The third-order valence-corrected chi connectivity index (χ3v) is 4.37. The van der Waals surface area contributed by atoms with Gasteiger partial charge in [0.1, 0.15) is 0 Å². The zero-order valence-corrected chi connectivity index (χ0v) is 10.5. The maximum atomic E-state index is 5.60. The van der Waals surface area contributed by atoms with Crippen LogP contribution in [0.3, 0.4) is 0 Å². The second-order valence-electron chi connectivity index (χ2n) is 5.45. The molecule has 0 radical (unpaired) electrons. The molecule has 0 amide bonds. The lowest BCUT2D eigenvalue weighted by Gasteiger charge is -2.27. The number of hydrogen-bond donors (Lipinski definition) is 1. The van der Waals surface area contributed by atoms with E-state index in [2.05, 4.69) is 4.90 Å². The molecular weight excluding hydrogens is 200 g/mol. The molecule has 1 aliphatic heterocycles. The fourth-order valence-corrected chi connectivity index (χ4v) is 3.49. The van der Waals surface area contributed by atoms with Crippen LogP contribution in [0.15, 0.2) is 0 Å². The smallest absolute Gasteiger partial charge is 0.0618 e. The first kappa shape index (κ1) is 12.3. The molecule has 16 heavy (non-hydrogen) atoms. The number of likely N-dealkylation sites (tertiary alicyclic amines) is 1. The van der Waals surface area contributed by atoms with E-state index in [-0.39, 0.29) is 0 Å². The van der Waals surface area contributed by atoms with Crippen molar-refractivity contribution in [1.29, 1.82) is 0 Å². The van der Waals surface area contributed by atoms with Crippen LogP contribution in [-0.2, 0) is 4.74 Å². The summed E-state index contributed by atoms with van der Waals surface area (Å²) in [6, 6.07) is 0.610. The van der Waals surface area contributed by atoms with Gasteiger partial charge < -0.3 is 10.5 Å². The molecule has 0 spiro atoms. The Kier molecular flexibility index (Phi) is 4.62. The molecule has 0 aromatic carbocycles. The fraction of sp³-hybridized carbons (Fsp3) is 1.00. The molecule has 2 rings (SSSR count). The van der Waals surface area contributed by atoms with Crippen molar-refractivity contribution in [3.05, 3.63) is 0 Å². The Morgan fingerprint density at radius 3 is 2.56 bits per heavy atom. The van der Waals surface area contributed by atoms with E-state index in [0.29, 0.717) is 6.04 Å². The fourth-order valence-electron chi connectivity index (χ4n) is 3.49. The van der Waals surface area contributed by atoms with Crippen LogP contribution in [0.4, 0.5) is 0 Å². The van der Waals surface area contributed by atoms with Crippen molar-refractivity contribution in [2.45, 2.75) is 38.1 Å². The van der Waals surface area contributed by atoms with E-state index >= 15 is 0 Å². The summed E-state index contributed by atoms with van der Waals surface area (Å²) in [6.07, 6.45) is 6.69. The van der Waals surface area contributed by atoms with Crippen molar-refractivity contribution in [1.82, 2.24) is 4.90 Å². The first-order chi connectivity index (χ1) is 7.85. The van der Waals surface area contributed by atoms with Crippen molar-refractivity contribution in [2.24, 2.45) is 17.6 Å². The number of methoxy groups -OCH3 is 1. The summed E-state index contributed by atoms with van der Waals surface area (Å²) < 4.78 is 5.35. The van der Waals surface area contributed by atoms with Gasteiger partial charge in [0.25, 0.3) is 0 Å². The molecule has 1 saturated heterocycles. The Bertz CT molecular complexity index is 198. The predicted octanol–water partition coefficient (Wildman–Crippen LogP) is 1.47. The number of hydrogen-bond acceptors (Lipinski definition) is 3. The molecule has 1 saturated carbocycles. The lowest BCUT2D eigenvalue weighted by molar-refractivity contribution is 0.0941. The summed E-state index contributed by atoms with van der Waals surface area (Å²) in [6.45, 7) is 4.30. The highest BCUT2D eigenvalue weighted by atomic mass is 16.5. The molecule has 1 aliphatic carbocycles. The average Bonchev–Trinajstić information content (AvgIpc) is 2.84. The molecule has 1 heterocycles. The Labute approximate surface area is 99.3 Å². The van der Waals surface area contributed by atoms with Gasteiger partial charge in [-0.05, 0) is 44.1 Å². The number of rotatable bonds is 6. The summed E-state index contributed by atoms with van der Waals surface area (Å²) in [5.41, 5.74) is 5.60. The quantitative estimate of drug-likeness (QED) is 0.745. The van der Waals surface area contributed by atoms with E-state index in [1.54, 1.807) is 0 Å². The van der Waals surface area contributed by atoms with E-state index < -0.39 is 0 Å². The summed E-state index contributed by atoms with van der Waals surface area (Å²) in [7, 11) is 1.81. The summed E-state index contributed by atoms with van der Waals surface area (Å²) in [5.74, 6) is 1.97. The van der Waals surface area contributed by atoms with Gasteiger partial charge in [-0.3, -0.25) is 4.90 Å². The maximum Gasteiger partial charge on any atom is 0.0618 e. The van der Waals surface area contributed by atoms with Gasteiger partial charge in [0.2, 0.25) is 0 Å². The zero-order valence-electron chi connectivity index (χ0n) is 10.5. The summed E-state index contributed by atoms with van der Waals surface area (Å²) in [4.78, 5) is 2.66. The monoisotopic (exact) mass is 226 g/mol. The average molecular weight is 226 g/mol. The largest absolute Gasteiger partial charge is 0.383 e. The highest BCUT2D eigenvalue weighted by Gasteiger charge is 2.38. The minimum atomic E-state index is 0.610. The van der Waals surface area contributed by atoms with Crippen LogP contribution in [0, 0.1) is 11.8 Å². The predicted molar refractivity (Wildman–Crippen MR) is 66.4 cm³/mol. The third-order valence-electron chi connectivity index (χ3n) is 4.37. The first-order valence-corrected chi connectivity index (χ1v) is 6.78. The van der Waals surface area contributed by atoms with Crippen molar-refractivity contribution in [3.8, 4) is 0 Å². The molecule has 3 heteroatoms. The van der Waals surface area contributed by atoms with Crippen LogP contribution < -0.4 is 5.73 Å². The molecule has 3 unspecified atom stereocenters. The minimum absolute atomic E-state index is 0.610. The molecule has 3 atom stereocenters. The van der Waals surface area contributed by atoms with Gasteiger partial charge in [-0.25, -0.2) is 0 Å². The first-order valence-electron chi connectivity index (χ1n) is 6.78. The van der Waals surface area contributed by atoms with Crippen LogP contribution >= 0.6 is 0 Å². The third kappa shape index (κ3) is 2.76. The van der Waals surface area contributed by atoms with Gasteiger partial charge >= 0.3 is 0 Å². The Balaban J connectivity index is 1.83. The van der Waals surface area contributed by atoms with Crippen LogP contribution in [0.2, 0.25) is 0 Å². The number of fused-ring (bicyclic) bond motifs is 1. The molecule has 0 aromatic rings. The van der Waals surface area contributed by atoms with Gasteiger partial charge in [0.05, 0.1) is 6.61 Å². The second kappa shape index (κ2) is 5.99. The van der Waals surface area contributed by atoms with Crippen molar-refractivity contribution in [3.63, 3.8) is 0 Å². The molecule has 0 bridgehead atoms. The van der Waals surface area contributed by atoms with Gasteiger partial charge in [-0.15, -0.1) is 0 Å². The summed E-state index contributed by atoms with van der Waals surface area (Å²) in [5, 5.41) is 0. The normalized spacial score (nSPS) is 31.9. The number of nitrogens with zero attached hydrogens (tertiary/aromatic N) is 1. The molecule has 2 aliphatic rings. The molecule has 94 valence electrons. The molecular formula is C13H26N2O. The number of ether oxygens (including phenoxy) is 1. The number of nitrogens with two attached hydrogens (primary N) is 1. The lowest BCUT2D eigenvalue weighted by atomic mass is 10.0. The van der Waals surface area contributed by atoms with Gasteiger partial charge in [0, 0.05) is 26.2 Å². The van der Waals surface area contributed by atoms with Gasteiger partial charge in [0.15, 0.2) is 0 Å². The van der Waals surface area contributed by atoms with E-state index in [0.717, 1.165) is 31.4 Å². The second-order valence-corrected chi connectivity index (χ2v) is 5.45.